The van der Waals surface area contributed by atoms with Crippen LogP contribution in [0.1, 0.15) is 5.69 Å². The molecule has 12 heteroatoms. The van der Waals surface area contributed by atoms with E-state index in [9.17, 15) is 19.6 Å². The first-order chi connectivity index (χ1) is 17.5. The summed E-state index contributed by atoms with van der Waals surface area (Å²) in [6.45, 7) is 2.53. The molecule has 182 valence electrons. The van der Waals surface area contributed by atoms with Crippen molar-refractivity contribution in [3.63, 3.8) is 0 Å². The van der Waals surface area contributed by atoms with Crippen LogP contribution in [-0.4, -0.2) is 70.3 Å². The van der Waals surface area contributed by atoms with Gasteiger partial charge in [-0.3, -0.25) is 24.0 Å². The van der Waals surface area contributed by atoms with Gasteiger partial charge in [0.1, 0.15) is 29.3 Å². The number of ether oxygens (including phenoxy) is 2. The lowest BCUT2D eigenvalue weighted by Crippen LogP contribution is -2.48. The molecule has 0 aromatic carbocycles. The van der Waals surface area contributed by atoms with Gasteiger partial charge in [0.05, 0.1) is 0 Å². The van der Waals surface area contributed by atoms with Crippen LogP contribution in [0.2, 0.25) is 0 Å². The van der Waals surface area contributed by atoms with Gasteiger partial charge in [0, 0.05) is 50.1 Å². The van der Waals surface area contributed by atoms with Crippen LogP contribution in [-0.2, 0) is 16.1 Å². The number of amides is 2. The van der Waals surface area contributed by atoms with Crippen molar-refractivity contribution in [2.24, 2.45) is 5.92 Å². The highest BCUT2D eigenvalue weighted by Gasteiger charge is 2.43. The molecular weight excluding hydrogens is 466 g/mol. The Balaban J connectivity index is 1.16. The summed E-state index contributed by atoms with van der Waals surface area (Å²) in [4.78, 5) is 49.3. The standard InChI is InChI=1S/C24H21N7O5/c25-9-16-3-1-14-2-6-21(33)30(23(14)26-16)8-7-29-10-15-11-31(24(34)36-18(15)12-29)19-5-4-17-22(27-19)28-20(32)13-35-17/h1-6,15,18H,7-8,10-13H2,(H,27,28,32)/t15-,18+/m1/s1. The Morgan fingerprint density at radius 2 is 1.89 bits per heavy atom. The summed E-state index contributed by atoms with van der Waals surface area (Å²) in [7, 11) is 0. The normalized spacial score (nSPS) is 21.2. The predicted molar refractivity (Wildman–Crippen MR) is 127 cm³/mol. The van der Waals surface area contributed by atoms with E-state index < -0.39 is 6.09 Å². The molecule has 6 heterocycles. The minimum atomic E-state index is -0.493. The molecule has 1 N–H and O–H groups in total. The first-order valence-electron chi connectivity index (χ1n) is 11.5. The van der Waals surface area contributed by atoms with Crippen LogP contribution in [0.5, 0.6) is 5.75 Å². The van der Waals surface area contributed by atoms with Gasteiger partial charge in [0.2, 0.25) is 0 Å². The third kappa shape index (κ3) is 3.89. The van der Waals surface area contributed by atoms with E-state index in [2.05, 4.69) is 20.2 Å². The van der Waals surface area contributed by atoms with Crippen molar-refractivity contribution in [3.8, 4) is 11.8 Å². The van der Waals surface area contributed by atoms with Gasteiger partial charge in [0.15, 0.2) is 18.2 Å². The molecule has 0 bridgehead atoms. The molecule has 3 aliphatic rings. The summed E-state index contributed by atoms with van der Waals surface area (Å²) >= 11 is 0. The van der Waals surface area contributed by atoms with Crippen LogP contribution in [0.3, 0.4) is 0 Å². The zero-order chi connectivity index (χ0) is 24.8. The van der Waals surface area contributed by atoms with E-state index in [1.807, 2.05) is 6.07 Å². The number of anilines is 2. The van der Waals surface area contributed by atoms with Crippen LogP contribution >= 0.6 is 0 Å². The van der Waals surface area contributed by atoms with E-state index >= 15 is 0 Å². The van der Waals surface area contributed by atoms with Crippen molar-refractivity contribution in [1.82, 2.24) is 19.4 Å². The molecule has 2 atom stereocenters. The minimum absolute atomic E-state index is 0.0546. The number of fused-ring (bicyclic) bond motifs is 3. The summed E-state index contributed by atoms with van der Waals surface area (Å²) in [5.41, 5.74) is 0.544. The van der Waals surface area contributed by atoms with Crippen LogP contribution in [0.15, 0.2) is 41.2 Å². The van der Waals surface area contributed by atoms with Crippen molar-refractivity contribution in [2.45, 2.75) is 12.6 Å². The third-order valence-electron chi connectivity index (χ3n) is 6.67. The molecule has 2 fully saturated rings. The van der Waals surface area contributed by atoms with Crippen LogP contribution in [0, 0.1) is 17.2 Å². The molecule has 0 unspecified atom stereocenters. The number of nitriles is 1. The average molecular weight is 487 g/mol. The fourth-order valence-corrected chi connectivity index (χ4v) is 4.89. The smallest absolute Gasteiger partial charge is 0.415 e. The SMILES string of the molecule is N#Cc1ccc2ccc(=O)n(CCN3C[C@@H]4CN(c5ccc6c(n5)NC(=O)CO6)C(=O)O[C@H]4C3)c2n1. The molecule has 0 saturated carbocycles. The van der Waals surface area contributed by atoms with E-state index in [0.717, 1.165) is 5.39 Å². The fraction of sp³-hybridized carbons (Fsp3) is 0.333. The quantitative estimate of drug-likeness (QED) is 0.569. The zero-order valence-corrected chi connectivity index (χ0v) is 19.1. The third-order valence-corrected chi connectivity index (χ3v) is 6.67. The molecule has 2 amide bonds. The zero-order valence-electron chi connectivity index (χ0n) is 19.1. The number of nitrogens with zero attached hydrogens (tertiary/aromatic N) is 6. The van der Waals surface area contributed by atoms with Crippen molar-refractivity contribution >= 4 is 34.7 Å². The average Bonchev–Trinajstić information content (AvgIpc) is 3.28. The number of rotatable bonds is 4. The number of hydrogen-bond acceptors (Lipinski definition) is 9. The molecule has 0 spiro atoms. The van der Waals surface area contributed by atoms with Crippen LogP contribution in [0.25, 0.3) is 11.0 Å². The van der Waals surface area contributed by atoms with Gasteiger partial charge in [-0.2, -0.15) is 5.26 Å². The largest absolute Gasteiger partial charge is 0.480 e. The monoisotopic (exact) mass is 487 g/mol. The first kappa shape index (κ1) is 22.0. The number of aromatic nitrogens is 3. The second-order valence-electron chi connectivity index (χ2n) is 8.95. The van der Waals surface area contributed by atoms with Crippen molar-refractivity contribution in [2.75, 3.05) is 43.0 Å². The van der Waals surface area contributed by atoms with E-state index in [0.29, 0.717) is 49.9 Å². The molecule has 3 aromatic rings. The van der Waals surface area contributed by atoms with Crippen molar-refractivity contribution < 1.29 is 19.1 Å². The number of carbonyl (C=O) groups is 2. The van der Waals surface area contributed by atoms with E-state index in [-0.39, 0.29) is 41.6 Å². The van der Waals surface area contributed by atoms with Gasteiger partial charge in [-0.05, 0) is 30.3 Å². The van der Waals surface area contributed by atoms with Crippen LogP contribution < -0.4 is 20.5 Å². The van der Waals surface area contributed by atoms with E-state index in [1.165, 1.54) is 11.0 Å². The first-order valence-corrected chi connectivity index (χ1v) is 11.5. The Kier molecular flexibility index (Phi) is 5.26. The Morgan fingerprint density at radius 3 is 2.75 bits per heavy atom. The van der Waals surface area contributed by atoms with Gasteiger partial charge in [-0.15, -0.1) is 0 Å². The maximum atomic E-state index is 12.8. The minimum Gasteiger partial charge on any atom is -0.480 e. The van der Waals surface area contributed by atoms with Gasteiger partial charge >= 0.3 is 6.09 Å². The van der Waals surface area contributed by atoms with Crippen molar-refractivity contribution in [1.29, 1.82) is 5.26 Å². The number of likely N-dealkylation sites (tertiary alicyclic amines) is 1. The lowest BCUT2D eigenvalue weighted by atomic mass is 10.0. The van der Waals surface area contributed by atoms with Gasteiger partial charge in [0.25, 0.3) is 11.5 Å². The summed E-state index contributed by atoms with van der Waals surface area (Å²) < 4.78 is 12.6. The molecular formula is C24H21N7O5. The molecule has 0 aliphatic carbocycles. The van der Waals surface area contributed by atoms with Gasteiger partial charge in [-0.25, -0.2) is 14.8 Å². The second-order valence-corrected chi connectivity index (χ2v) is 8.95. The molecule has 0 radical (unpaired) electrons. The summed E-state index contributed by atoms with van der Waals surface area (Å²) in [6.07, 6.45) is -0.755. The molecule has 36 heavy (non-hydrogen) atoms. The number of hydrogen-bond donors (Lipinski definition) is 1. The highest BCUT2D eigenvalue weighted by atomic mass is 16.6. The summed E-state index contributed by atoms with van der Waals surface area (Å²) in [5, 5.41) is 12.6. The molecule has 2 saturated heterocycles. The van der Waals surface area contributed by atoms with Gasteiger partial charge in [-0.1, -0.05) is 0 Å². The highest BCUT2D eigenvalue weighted by Crippen LogP contribution is 2.32. The predicted octanol–water partition coefficient (Wildman–Crippen LogP) is 0.951. The van der Waals surface area contributed by atoms with Gasteiger partial charge < -0.3 is 14.8 Å². The number of carbonyl (C=O) groups excluding carboxylic acids is 2. The highest BCUT2D eigenvalue weighted by molar-refractivity contribution is 5.95. The molecule has 6 rings (SSSR count). The maximum absolute atomic E-state index is 12.8. The van der Waals surface area contributed by atoms with E-state index in [1.54, 1.807) is 34.9 Å². The molecule has 3 aromatic heterocycles. The Hall–Kier alpha value is -4.50. The van der Waals surface area contributed by atoms with Crippen molar-refractivity contribution in [3.05, 3.63) is 52.4 Å². The lowest BCUT2D eigenvalue weighted by molar-refractivity contribution is -0.118. The Labute approximate surface area is 204 Å². The summed E-state index contributed by atoms with van der Waals surface area (Å²) in [6, 6.07) is 12.0. The van der Waals surface area contributed by atoms with Crippen LogP contribution in [0.4, 0.5) is 16.4 Å². The van der Waals surface area contributed by atoms with E-state index in [4.69, 9.17) is 9.47 Å². The molecule has 3 aliphatic heterocycles. The maximum Gasteiger partial charge on any atom is 0.415 e. The Bertz CT molecular complexity index is 1500. The second kappa shape index (κ2) is 8.62. The molecule has 12 nitrogen and oxygen atoms in total. The number of pyridine rings is 3. The fourth-order valence-electron chi connectivity index (χ4n) is 4.89. The Morgan fingerprint density at radius 1 is 1.03 bits per heavy atom. The number of nitrogens with one attached hydrogen (secondary N) is 1. The topological polar surface area (TPSA) is 143 Å². The summed E-state index contributed by atoms with van der Waals surface area (Å²) in [5.74, 6) is 0.861. The lowest BCUT2D eigenvalue weighted by Gasteiger charge is -2.33.